The molecular formula is C20H26N4O2. The zero-order valence-corrected chi connectivity index (χ0v) is 15.0. The van der Waals surface area contributed by atoms with E-state index in [4.69, 9.17) is 4.74 Å². The van der Waals surface area contributed by atoms with Crippen LogP contribution >= 0.6 is 0 Å². The fourth-order valence-corrected chi connectivity index (χ4v) is 3.96. The van der Waals surface area contributed by atoms with Crippen LogP contribution in [0.1, 0.15) is 24.3 Å². The van der Waals surface area contributed by atoms with Gasteiger partial charge in [-0.2, -0.15) is 0 Å². The number of benzene rings is 1. The zero-order valence-electron chi connectivity index (χ0n) is 15.0. The lowest BCUT2D eigenvalue weighted by Crippen LogP contribution is -2.44. The number of rotatable bonds is 6. The quantitative estimate of drug-likeness (QED) is 0.829. The first-order chi connectivity index (χ1) is 12.8. The first-order valence-electron chi connectivity index (χ1n) is 9.32. The minimum atomic E-state index is -0.0649. The standard InChI is InChI=1S/C20H26N4O2/c25-14-20(11-17(12-20)16-4-2-1-3-5-16)13-21-18-10-19(23-15-22-18)24-6-8-26-9-7-24/h1-5,10,15,17,25H,6-9,11-14H2,(H,21,22,23). The summed E-state index contributed by atoms with van der Waals surface area (Å²) in [5, 5.41) is 13.4. The molecule has 0 spiro atoms. The number of morpholine rings is 1. The molecule has 2 heterocycles. The SMILES string of the molecule is OCC1(CNc2cc(N3CCOCC3)ncn2)CC(c2ccccc2)C1. The molecule has 1 aliphatic heterocycles. The van der Waals surface area contributed by atoms with Crippen molar-refractivity contribution in [3.63, 3.8) is 0 Å². The molecular weight excluding hydrogens is 328 g/mol. The van der Waals surface area contributed by atoms with Crippen molar-refractivity contribution in [2.75, 3.05) is 49.7 Å². The molecule has 2 aromatic rings. The van der Waals surface area contributed by atoms with E-state index in [-0.39, 0.29) is 12.0 Å². The van der Waals surface area contributed by atoms with Gasteiger partial charge in [-0.1, -0.05) is 30.3 Å². The minimum Gasteiger partial charge on any atom is -0.396 e. The van der Waals surface area contributed by atoms with E-state index in [2.05, 4.69) is 44.5 Å². The van der Waals surface area contributed by atoms with E-state index in [1.165, 1.54) is 5.56 Å². The number of hydrogen-bond donors (Lipinski definition) is 2. The van der Waals surface area contributed by atoms with Crippen LogP contribution < -0.4 is 10.2 Å². The number of ether oxygens (including phenoxy) is 1. The monoisotopic (exact) mass is 354 g/mol. The maximum Gasteiger partial charge on any atom is 0.134 e. The van der Waals surface area contributed by atoms with Gasteiger partial charge in [-0.25, -0.2) is 9.97 Å². The van der Waals surface area contributed by atoms with E-state index in [0.717, 1.165) is 57.3 Å². The molecule has 2 fully saturated rings. The first-order valence-corrected chi connectivity index (χ1v) is 9.32. The number of hydrogen-bond acceptors (Lipinski definition) is 6. The van der Waals surface area contributed by atoms with Gasteiger partial charge in [-0.05, 0) is 24.3 Å². The third kappa shape index (κ3) is 3.66. The van der Waals surface area contributed by atoms with Gasteiger partial charge in [0.2, 0.25) is 0 Å². The average molecular weight is 354 g/mol. The Labute approximate surface area is 154 Å². The molecule has 26 heavy (non-hydrogen) atoms. The van der Waals surface area contributed by atoms with Crippen molar-refractivity contribution in [3.05, 3.63) is 48.3 Å². The third-order valence-electron chi connectivity index (χ3n) is 5.60. The van der Waals surface area contributed by atoms with Crippen LogP contribution in [0, 0.1) is 5.41 Å². The highest BCUT2D eigenvalue weighted by Crippen LogP contribution is 2.50. The molecule has 6 nitrogen and oxygen atoms in total. The highest BCUT2D eigenvalue weighted by molar-refractivity contribution is 5.49. The van der Waals surface area contributed by atoms with Crippen molar-refractivity contribution < 1.29 is 9.84 Å². The van der Waals surface area contributed by atoms with E-state index in [9.17, 15) is 5.11 Å². The Morgan fingerprint density at radius 3 is 2.65 bits per heavy atom. The zero-order chi connectivity index (χ0) is 17.8. The Bertz CT molecular complexity index is 713. The third-order valence-corrected chi connectivity index (χ3v) is 5.60. The largest absolute Gasteiger partial charge is 0.396 e. The molecule has 1 aromatic carbocycles. The average Bonchev–Trinajstić information content (AvgIpc) is 2.69. The molecule has 2 aliphatic rings. The molecule has 2 N–H and O–H groups in total. The molecule has 138 valence electrons. The molecule has 0 unspecified atom stereocenters. The molecule has 0 atom stereocenters. The van der Waals surface area contributed by atoms with Crippen LogP contribution in [-0.2, 0) is 4.74 Å². The summed E-state index contributed by atoms with van der Waals surface area (Å²) >= 11 is 0. The van der Waals surface area contributed by atoms with Crippen molar-refractivity contribution in [3.8, 4) is 0 Å². The van der Waals surface area contributed by atoms with E-state index in [1.54, 1.807) is 6.33 Å². The van der Waals surface area contributed by atoms with E-state index in [1.807, 2.05) is 12.1 Å². The van der Waals surface area contributed by atoms with Gasteiger partial charge in [0.1, 0.15) is 18.0 Å². The second kappa shape index (κ2) is 7.60. The van der Waals surface area contributed by atoms with E-state index < -0.39 is 0 Å². The molecule has 0 amide bonds. The summed E-state index contributed by atoms with van der Waals surface area (Å²) in [7, 11) is 0. The van der Waals surface area contributed by atoms with Crippen LogP contribution in [0.2, 0.25) is 0 Å². The van der Waals surface area contributed by atoms with Crippen LogP contribution in [0.5, 0.6) is 0 Å². The second-order valence-corrected chi connectivity index (χ2v) is 7.39. The summed E-state index contributed by atoms with van der Waals surface area (Å²) < 4.78 is 5.40. The van der Waals surface area contributed by atoms with Crippen molar-refractivity contribution in [1.29, 1.82) is 0 Å². The van der Waals surface area contributed by atoms with Crippen LogP contribution in [0.15, 0.2) is 42.7 Å². The van der Waals surface area contributed by atoms with Crippen molar-refractivity contribution >= 4 is 11.6 Å². The second-order valence-electron chi connectivity index (χ2n) is 7.39. The minimum absolute atomic E-state index is 0.0649. The normalized spacial score (nSPS) is 25.6. The predicted octanol–water partition coefficient (Wildman–Crippen LogP) is 2.28. The number of anilines is 2. The van der Waals surface area contributed by atoms with Gasteiger partial charge >= 0.3 is 0 Å². The Kier molecular flexibility index (Phi) is 5.04. The number of aliphatic hydroxyl groups excluding tert-OH is 1. The maximum atomic E-state index is 9.94. The van der Waals surface area contributed by atoms with Gasteiger partial charge in [0.15, 0.2) is 0 Å². The first kappa shape index (κ1) is 17.2. The molecule has 1 saturated carbocycles. The smallest absolute Gasteiger partial charge is 0.134 e. The number of nitrogens with one attached hydrogen (secondary N) is 1. The lowest BCUT2D eigenvalue weighted by molar-refractivity contribution is 0.0376. The van der Waals surface area contributed by atoms with Gasteiger partial charge in [0, 0.05) is 31.1 Å². The molecule has 1 aliphatic carbocycles. The molecule has 0 radical (unpaired) electrons. The molecule has 1 aromatic heterocycles. The van der Waals surface area contributed by atoms with Crippen molar-refractivity contribution in [2.24, 2.45) is 5.41 Å². The van der Waals surface area contributed by atoms with Crippen LogP contribution in [0.4, 0.5) is 11.6 Å². The Morgan fingerprint density at radius 1 is 1.15 bits per heavy atom. The lowest BCUT2D eigenvalue weighted by atomic mass is 9.60. The Morgan fingerprint density at radius 2 is 1.92 bits per heavy atom. The predicted molar refractivity (Wildman–Crippen MR) is 101 cm³/mol. The van der Waals surface area contributed by atoms with Crippen molar-refractivity contribution in [1.82, 2.24) is 9.97 Å². The van der Waals surface area contributed by atoms with Gasteiger partial charge < -0.3 is 20.1 Å². The molecule has 4 rings (SSSR count). The van der Waals surface area contributed by atoms with Crippen LogP contribution in [0.25, 0.3) is 0 Å². The molecule has 6 heteroatoms. The van der Waals surface area contributed by atoms with Gasteiger partial charge in [-0.15, -0.1) is 0 Å². The van der Waals surface area contributed by atoms with Gasteiger partial charge in [0.25, 0.3) is 0 Å². The summed E-state index contributed by atoms with van der Waals surface area (Å²) in [6.07, 6.45) is 3.61. The van der Waals surface area contributed by atoms with Gasteiger partial charge in [-0.3, -0.25) is 0 Å². The molecule has 0 bridgehead atoms. The lowest BCUT2D eigenvalue weighted by Gasteiger charge is -2.47. The summed E-state index contributed by atoms with van der Waals surface area (Å²) in [5.41, 5.74) is 1.30. The maximum absolute atomic E-state index is 9.94. The van der Waals surface area contributed by atoms with Gasteiger partial charge in [0.05, 0.1) is 19.8 Å². The number of aliphatic hydroxyl groups is 1. The topological polar surface area (TPSA) is 70.5 Å². The summed E-state index contributed by atoms with van der Waals surface area (Å²) in [4.78, 5) is 10.9. The van der Waals surface area contributed by atoms with Crippen LogP contribution in [0.3, 0.4) is 0 Å². The fraction of sp³-hybridized carbons (Fsp3) is 0.500. The summed E-state index contributed by atoms with van der Waals surface area (Å²) in [5.74, 6) is 2.29. The Balaban J connectivity index is 1.36. The van der Waals surface area contributed by atoms with E-state index in [0.29, 0.717) is 5.92 Å². The summed E-state index contributed by atoms with van der Waals surface area (Å²) in [6, 6.07) is 12.6. The molecule has 1 saturated heterocycles. The number of aromatic nitrogens is 2. The number of nitrogens with zero attached hydrogens (tertiary/aromatic N) is 3. The fourth-order valence-electron chi connectivity index (χ4n) is 3.96. The van der Waals surface area contributed by atoms with Crippen molar-refractivity contribution in [2.45, 2.75) is 18.8 Å². The van der Waals surface area contributed by atoms with Crippen LogP contribution in [-0.4, -0.2) is 54.5 Å². The Hall–Kier alpha value is -2.18. The van der Waals surface area contributed by atoms with E-state index >= 15 is 0 Å². The highest BCUT2D eigenvalue weighted by Gasteiger charge is 2.44. The highest BCUT2D eigenvalue weighted by atomic mass is 16.5. The summed E-state index contributed by atoms with van der Waals surface area (Å²) in [6.45, 7) is 4.12.